The van der Waals surface area contributed by atoms with E-state index in [2.05, 4.69) is 35.8 Å². The Hall–Kier alpha value is -3.40. The molecule has 2 N–H and O–H groups in total. The van der Waals surface area contributed by atoms with Gasteiger partial charge in [0.1, 0.15) is 12.0 Å². The molecule has 5 heterocycles. The predicted octanol–water partition coefficient (Wildman–Crippen LogP) is 1.33. The molecule has 142 valence electrons. The van der Waals surface area contributed by atoms with Gasteiger partial charge in [-0.05, 0) is 18.2 Å². The summed E-state index contributed by atoms with van der Waals surface area (Å²) in [4.78, 5) is 32.9. The molecule has 0 radical (unpaired) electrons. The molecule has 5 rings (SSSR count). The molecule has 1 saturated heterocycles. The van der Waals surface area contributed by atoms with Crippen molar-refractivity contribution >= 4 is 23.5 Å². The van der Waals surface area contributed by atoms with E-state index in [0.717, 1.165) is 16.9 Å². The van der Waals surface area contributed by atoms with Crippen molar-refractivity contribution < 1.29 is 9.59 Å². The number of hydrazine groups is 1. The van der Waals surface area contributed by atoms with Gasteiger partial charge in [0.25, 0.3) is 0 Å². The molecule has 2 atom stereocenters. The first-order valence-corrected chi connectivity index (χ1v) is 9.14. The topological polar surface area (TPSA) is 115 Å². The maximum Gasteiger partial charge on any atom is 0.223 e. The Morgan fingerprint density at radius 2 is 2.04 bits per heavy atom. The Morgan fingerprint density at radius 3 is 2.93 bits per heavy atom. The number of nitrogens with one attached hydrogen (secondary N) is 2. The molecule has 0 aromatic carbocycles. The summed E-state index contributed by atoms with van der Waals surface area (Å²) in [5.41, 5.74) is 1.74. The summed E-state index contributed by atoms with van der Waals surface area (Å²) in [6.07, 6.45) is 3.31. The lowest BCUT2D eigenvalue weighted by atomic mass is 10.2. The number of nitrogens with zero attached hydrogens (tertiary/aromatic N) is 6. The summed E-state index contributed by atoms with van der Waals surface area (Å²) >= 11 is 0. The molecule has 0 aliphatic carbocycles. The van der Waals surface area contributed by atoms with Gasteiger partial charge in [0.2, 0.25) is 11.8 Å². The molecule has 0 saturated carbocycles. The second-order valence-electron chi connectivity index (χ2n) is 6.77. The highest BCUT2D eigenvalue weighted by Gasteiger charge is 2.40. The smallest absolute Gasteiger partial charge is 0.223 e. The summed E-state index contributed by atoms with van der Waals surface area (Å²) in [7, 11) is 0. The SMILES string of the molecule is O=C(CCN1c2ncccc2[C@H]2NC(=O)CCN21)N[C@H]1N=Nc2ncccc21. The quantitative estimate of drug-likeness (QED) is 0.829. The van der Waals surface area contributed by atoms with Crippen molar-refractivity contribution in [2.75, 3.05) is 18.1 Å². The number of pyridine rings is 2. The minimum atomic E-state index is -0.498. The van der Waals surface area contributed by atoms with Gasteiger partial charge in [-0.2, -0.15) is 10.1 Å². The van der Waals surface area contributed by atoms with Gasteiger partial charge < -0.3 is 10.6 Å². The summed E-state index contributed by atoms with van der Waals surface area (Å²) in [5.74, 6) is 1.20. The standard InChI is InChI=1S/C18H18N8O2/c27-13(21-16-11-3-1-7-19-15(11)23-24-16)5-9-25-17-12(4-2-8-20-17)18-22-14(28)6-10-26(18)25/h1-4,7-8,16,18H,5-6,9-10H2,(H,21,27)(H,22,28)/t16-,18-/m0/s1. The molecule has 0 spiro atoms. The normalized spacial score (nSPS) is 22.4. The number of aromatic nitrogens is 2. The van der Waals surface area contributed by atoms with E-state index in [-0.39, 0.29) is 24.4 Å². The zero-order valence-electron chi connectivity index (χ0n) is 14.9. The van der Waals surface area contributed by atoms with Crippen LogP contribution < -0.4 is 15.6 Å². The number of anilines is 1. The van der Waals surface area contributed by atoms with E-state index in [1.807, 2.05) is 23.2 Å². The molecule has 2 amide bonds. The van der Waals surface area contributed by atoms with Crippen LogP contribution in [0.3, 0.4) is 0 Å². The number of hydrogen-bond donors (Lipinski definition) is 2. The van der Waals surface area contributed by atoms with Gasteiger partial charge in [-0.1, -0.05) is 6.07 Å². The van der Waals surface area contributed by atoms with Crippen LogP contribution in [0.4, 0.5) is 11.6 Å². The first-order valence-electron chi connectivity index (χ1n) is 9.14. The summed E-state index contributed by atoms with van der Waals surface area (Å²) in [5, 5.41) is 18.0. The van der Waals surface area contributed by atoms with Gasteiger partial charge in [0, 0.05) is 49.5 Å². The lowest BCUT2D eigenvalue weighted by molar-refractivity contribution is -0.127. The average Bonchev–Trinajstić information content (AvgIpc) is 3.25. The molecule has 0 unspecified atom stereocenters. The number of carbonyl (C=O) groups excluding carboxylic acids is 2. The number of fused-ring (bicyclic) bond motifs is 4. The molecule has 28 heavy (non-hydrogen) atoms. The van der Waals surface area contributed by atoms with Crippen molar-refractivity contribution in [3.05, 3.63) is 47.8 Å². The van der Waals surface area contributed by atoms with E-state index in [4.69, 9.17) is 0 Å². The maximum absolute atomic E-state index is 12.5. The van der Waals surface area contributed by atoms with Crippen molar-refractivity contribution in [3.8, 4) is 0 Å². The van der Waals surface area contributed by atoms with Crippen LogP contribution in [-0.4, -0.2) is 39.9 Å². The van der Waals surface area contributed by atoms with Gasteiger partial charge in [-0.25, -0.2) is 9.97 Å². The molecule has 10 heteroatoms. The van der Waals surface area contributed by atoms with Gasteiger partial charge in [-0.15, -0.1) is 5.11 Å². The van der Waals surface area contributed by atoms with Crippen molar-refractivity contribution in [1.29, 1.82) is 0 Å². The highest BCUT2D eigenvalue weighted by molar-refractivity contribution is 5.79. The minimum Gasteiger partial charge on any atom is -0.335 e. The fraction of sp³-hybridized carbons (Fsp3) is 0.333. The Kier molecular flexibility index (Phi) is 3.97. The van der Waals surface area contributed by atoms with Gasteiger partial charge in [-0.3, -0.25) is 14.6 Å². The molecule has 3 aliphatic heterocycles. The average molecular weight is 378 g/mol. The van der Waals surface area contributed by atoms with Crippen molar-refractivity contribution in [2.45, 2.75) is 25.2 Å². The van der Waals surface area contributed by atoms with Crippen LogP contribution in [0.1, 0.15) is 36.3 Å². The molecule has 2 aromatic heterocycles. The minimum absolute atomic E-state index is 0.0227. The Morgan fingerprint density at radius 1 is 1.21 bits per heavy atom. The van der Waals surface area contributed by atoms with Crippen LogP contribution >= 0.6 is 0 Å². The second-order valence-corrected chi connectivity index (χ2v) is 6.77. The van der Waals surface area contributed by atoms with Crippen LogP contribution in [0, 0.1) is 0 Å². The van der Waals surface area contributed by atoms with Crippen LogP contribution in [0.5, 0.6) is 0 Å². The second kappa shape index (κ2) is 6.64. The molecule has 3 aliphatic rings. The van der Waals surface area contributed by atoms with Crippen molar-refractivity contribution in [2.24, 2.45) is 10.2 Å². The summed E-state index contributed by atoms with van der Waals surface area (Å²) < 4.78 is 0. The highest BCUT2D eigenvalue weighted by Crippen LogP contribution is 2.38. The van der Waals surface area contributed by atoms with Gasteiger partial charge in [0.15, 0.2) is 12.0 Å². The van der Waals surface area contributed by atoms with E-state index in [1.54, 1.807) is 18.5 Å². The Bertz CT molecular complexity index is 978. The molecule has 2 aromatic rings. The van der Waals surface area contributed by atoms with Crippen LogP contribution in [0.15, 0.2) is 46.9 Å². The van der Waals surface area contributed by atoms with Gasteiger partial charge >= 0.3 is 0 Å². The lowest BCUT2D eigenvalue weighted by Crippen LogP contribution is -2.52. The van der Waals surface area contributed by atoms with Crippen LogP contribution in [0.2, 0.25) is 0 Å². The Labute approximate surface area is 160 Å². The van der Waals surface area contributed by atoms with Crippen molar-refractivity contribution in [1.82, 2.24) is 25.6 Å². The summed E-state index contributed by atoms with van der Waals surface area (Å²) in [6, 6.07) is 7.46. The van der Waals surface area contributed by atoms with Crippen LogP contribution in [-0.2, 0) is 9.59 Å². The fourth-order valence-corrected chi connectivity index (χ4v) is 3.76. The number of rotatable bonds is 4. The molecule has 1 fully saturated rings. The largest absolute Gasteiger partial charge is 0.335 e. The first kappa shape index (κ1) is 16.8. The van der Waals surface area contributed by atoms with E-state index in [1.165, 1.54) is 0 Å². The zero-order chi connectivity index (χ0) is 19.1. The van der Waals surface area contributed by atoms with Crippen molar-refractivity contribution in [3.63, 3.8) is 0 Å². The molecular weight excluding hydrogens is 360 g/mol. The highest BCUT2D eigenvalue weighted by atomic mass is 16.2. The fourth-order valence-electron chi connectivity index (χ4n) is 3.76. The number of carbonyl (C=O) groups is 2. The zero-order valence-corrected chi connectivity index (χ0v) is 14.9. The molecule has 10 nitrogen and oxygen atoms in total. The summed E-state index contributed by atoms with van der Waals surface area (Å²) in [6.45, 7) is 1.04. The molecule has 0 bridgehead atoms. The number of hydrogen-bond acceptors (Lipinski definition) is 8. The van der Waals surface area contributed by atoms with E-state index < -0.39 is 6.17 Å². The Balaban J connectivity index is 1.27. The number of azo groups is 1. The third kappa shape index (κ3) is 2.78. The maximum atomic E-state index is 12.5. The third-order valence-corrected chi connectivity index (χ3v) is 5.06. The van der Waals surface area contributed by atoms with E-state index in [9.17, 15) is 9.59 Å². The predicted molar refractivity (Wildman–Crippen MR) is 98.0 cm³/mol. The van der Waals surface area contributed by atoms with E-state index in [0.29, 0.717) is 25.3 Å². The molecular formula is C18H18N8O2. The number of amides is 2. The third-order valence-electron chi connectivity index (χ3n) is 5.06. The van der Waals surface area contributed by atoms with E-state index >= 15 is 0 Å². The van der Waals surface area contributed by atoms with Gasteiger partial charge in [0.05, 0.1) is 0 Å². The monoisotopic (exact) mass is 378 g/mol. The lowest BCUT2D eigenvalue weighted by Gasteiger charge is -2.36. The first-order chi connectivity index (χ1) is 13.7. The van der Waals surface area contributed by atoms with Crippen LogP contribution in [0.25, 0.3) is 0 Å².